The third-order valence-electron chi connectivity index (χ3n) is 5.54. The van der Waals surface area contributed by atoms with Gasteiger partial charge in [0.05, 0.1) is 6.54 Å². The summed E-state index contributed by atoms with van der Waals surface area (Å²) < 4.78 is 0. The molecule has 2 unspecified atom stereocenters. The fraction of sp³-hybridized carbons (Fsp3) is 0.941. The molecular formula is C17H31N3O. The lowest BCUT2D eigenvalue weighted by molar-refractivity contribution is -0.123. The van der Waals surface area contributed by atoms with Crippen molar-refractivity contribution in [2.24, 2.45) is 0 Å². The molecule has 0 radical (unpaired) electrons. The molecule has 1 aliphatic carbocycles. The molecule has 1 saturated carbocycles. The molecule has 0 aromatic rings. The first-order valence-corrected chi connectivity index (χ1v) is 9.10. The van der Waals surface area contributed by atoms with Gasteiger partial charge in [0.2, 0.25) is 5.91 Å². The van der Waals surface area contributed by atoms with Gasteiger partial charge < -0.3 is 10.6 Å². The molecule has 4 nitrogen and oxygen atoms in total. The van der Waals surface area contributed by atoms with Gasteiger partial charge in [-0.2, -0.15) is 0 Å². The summed E-state index contributed by atoms with van der Waals surface area (Å²) in [5, 5.41) is 6.91. The Labute approximate surface area is 129 Å². The van der Waals surface area contributed by atoms with Crippen molar-refractivity contribution in [3.05, 3.63) is 0 Å². The number of carbonyl (C=O) groups is 1. The van der Waals surface area contributed by atoms with E-state index in [0.717, 1.165) is 13.1 Å². The third-order valence-corrected chi connectivity index (χ3v) is 5.54. The molecule has 2 atom stereocenters. The van der Waals surface area contributed by atoms with E-state index < -0.39 is 0 Å². The molecule has 2 saturated heterocycles. The fourth-order valence-electron chi connectivity index (χ4n) is 4.43. The quantitative estimate of drug-likeness (QED) is 0.780. The molecule has 3 aliphatic rings. The van der Waals surface area contributed by atoms with Crippen LogP contribution in [0.15, 0.2) is 0 Å². The normalized spacial score (nSPS) is 32.2. The van der Waals surface area contributed by atoms with Gasteiger partial charge in [-0.15, -0.1) is 0 Å². The molecular weight excluding hydrogens is 262 g/mol. The van der Waals surface area contributed by atoms with E-state index >= 15 is 0 Å². The second-order valence-electron chi connectivity index (χ2n) is 7.14. The summed E-state index contributed by atoms with van der Waals surface area (Å²) in [6.07, 6.45) is 12.7. The van der Waals surface area contributed by atoms with E-state index in [9.17, 15) is 4.79 Å². The average molecular weight is 293 g/mol. The lowest BCUT2D eigenvalue weighted by atomic mass is 10.0. The van der Waals surface area contributed by atoms with Crippen LogP contribution in [0.25, 0.3) is 0 Å². The van der Waals surface area contributed by atoms with Gasteiger partial charge in [0.25, 0.3) is 0 Å². The Morgan fingerprint density at radius 1 is 1.00 bits per heavy atom. The predicted molar refractivity (Wildman–Crippen MR) is 85.3 cm³/mol. The molecule has 0 aromatic heterocycles. The maximum absolute atomic E-state index is 12.4. The zero-order valence-corrected chi connectivity index (χ0v) is 13.3. The van der Waals surface area contributed by atoms with Gasteiger partial charge >= 0.3 is 0 Å². The third kappa shape index (κ3) is 4.19. The van der Waals surface area contributed by atoms with Crippen LogP contribution in [0.5, 0.6) is 0 Å². The van der Waals surface area contributed by atoms with Gasteiger partial charge in [0, 0.05) is 18.1 Å². The van der Waals surface area contributed by atoms with Crippen LogP contribution in [0.4, 0.5) is 0 Å². The lowest BCUT2D eigenvalue weighted by Crippen LogP contribution is -2.48. The average Bonchev–Trinajstić information content (AvgIpc) is 3.07. The molecule has 3 rings (SSSR count). The number of hydrogen-bond donors (Lipinski definition) is 2. The standard InChI is InChI=1S/C17H31N3O/c21-17(19-14-7-3-1-2-4-8-14)13-20-12-6-10-16(20)15-9-5-11-18-15/h14-16,18H,1-13H2,(H,19,21). The van der Waals surface area contributed by atoms with Crippen molar-refractivity contribution >= 4 is 5.91 Å². The molecule has 0 aromatic carbocycles. The maximum atomic E-state index is 12.4. The summed E-state index contributed by atoms with van der Waals surface area (Å²) in [6, 6.07) is 1.65. The number of likely N-dealkylation sites (tertiary alicyclic amines) is 1. The number of carbonyl (C=O) groups excluding carboxylic acids is 1. The molecule has 21 heavy (non-hydrogen) atoms. The van der Waals surface area contributed by atoms with Crippen LogP contribution in [0.1, 0.15) is 64.2 Å². The molecule has 4 heteroatoms. The summed E-state index contributed by atoms with van der Waals surface area (Å²) in [5.74, 6) is 0.256. The van der Waals surface area contributed by atoms with Crippen molar-refractivity contribution in [2.75, 3.05) is 19.6 Å². The monoisotopic (exact) mass is 293 g/mol. The van der Waals surface area contributed by atoms with Crippen molar-refractivity contribution in [2.45, 2.75) is 82.3 Å². The first-order valence-electron chi connectivity index (χ1n) is 9.10. The Bertz CT molecular complexity index is 333. The minimum atomic E-state index is 0.256. The van der Waals surface area contributed by atoms with Gasteiger partial charge in [-0.3, -0.25) is 9.69 Å². The van der Waals surface area contributed by atoms with E-state index in [2.05, 4.69) is 15.5 Å². The number of nitrogens with zero attached hydrogens (tertiary/aromatic N) is 1. The minimum Gasteiger partial charge on any atom is -0.352 e. The van der Waals surface area contributed by atoms with Crippen LogP contribution in [0, 0.1) is 0 Å². The second-order valence-corrected chi connectivity index (χ2v) is 7.14. The zero-order chi connectivity index (χ0) is 14.5. The Morgan fingerprint density at radius 3 is 2.52 bits per heavy atom. The minimum absolute atomic E-state index is 0.256. The van der Waals surface area contributed by atoms with E-state index in [1.807, 2.05) is 0 Å². The molecule has 1 amide bonds. The Morgan fingerprint density at radius 2 is 1.81 bits per heavy atom. The summed E-state index contributed by atoms with van der Waals surface area (Å²) >= 11 is 0. The van der Waals surface area contributed by atoms with Crippen LogP contribution >= 0.6 is 0 Å². The zero-order valence-electron chi connectivity index (χ0n) is 13.3. The van der Waals surface area contributed by atoms with Crippen LogP contribution in [-0.2, 0) is 4.79 Å². The topological polar surface area (TPSA) is 44.4 Å². The fourth-order valence-corrected chi connectivity index (χ4v) is 4.43. The molecule has 0 spiro atoms. The molecule has 0 bridgehead atoms. The van der Waals surface area contributed by atoms with Crippen molar-refractivity contribution < 1.29 is 4.79 Å². The van der Waals surface area contributed by atoms with E-state index in [1.54, 1.807) is 0 Å². The number of hydrogen-bond acceptors (Lipinski definition) is 3. The Hall–Kier alpha value is -0.610. The maximum Gasteiger partial charge on any atom is 0.234 e. The van der Waals surface area contributed by atoms with Crippen molar-refractivity contribution in [1.29, 1.82) is 0 Å². The van der Waals surface area contributed by atoms with Crippen LogP contribution in [0.2, 0.25) is 0 Å². The highest BCUT2D eigenvalue weighted by molar-refractivity contribution is 5.78. The van der Waals surface area contributed by atoms with Crippen molar-refractivity contribution in [3.63, 3.8) is 0 Å². The van der Waals surface area contributed by atoms with Gasteiger partial charge in [-0.25, -0.2) is 0 Å². The highest BCUT2D eigenvalue weighted by Crippen LogP contribution is 2.24. The molecule has 3 fully saturated rings. The van der Waals surface area contributed by atoms with Gasteiger partial charge in [0.15, 0.2) is 0 Å². The van der Waals surface area contributed by atoms with E-state index in [4.69, 9.17) is 0 Å². The largest absolute Gasteiger partial charge is 0.352 e. The highest BCUT2D eigenvalue weighted by atomic mass is 16.2. The van der Waals surface area contributed by atoms with Gasteiger partial charge in [-0.05, 0) is 51.6 Å². The van der Waals surface area contributed by atoms with Gasteiger partial charge in [-0.1, -0.05) is 25.7 Å². The van der Waals surface area contributed by atoms with E-state index in [1.165, 1.54) is 64.2 Å². The van der Waals surface area contributed by atoms with Gasteiger partial charge in [0.1, 0.15) is 0 Å². The highest BCUT2D eigenvalue weighted by Gasteiger charge is 2.34. The number of nitrogens with one attached hydrogen (secondary N) is 2. The van der Waals surface area contributed by atoms with Crippen molar-refractivity contribution in [1.82, 2.24) is 15.5 Å². The summed E-state index contributed by atoms with van der Waals surface area (Å²) in [6.45, 7) is 2.86. The Kier molecular flexibility index (Phi) is 5.53. The molecule has 120 valence electrons. The van der Waals surface area contributed by atoms with E-state index in [0.29, 0.717) is 24.7 Å². The first kappa shape index (κ1) is 15.3. The van der Waals surface area contributed by atoms with Crippen LogP contribution in [-0.4, -0.2) is 48.6 Å². The summed E-state index contributed by atoms with van der Waals surface area (Å²) in [5.41, 5.74) is 0. The molecule has 2 N–H and O–H groups in total. The van der Waals surface area contributed by atoms with Crippen LogP contribution in [0.3, 0.4) is 0 Å². The SMILES string of the molecule is O=C(CN1CCCC1C1CCCN1)NC1CCCCCC1. The van der Waals surface area contributed by atoms with E-state index in [-0.39, 0.29) is 5.91 Å². The summed E-state index contributed by atoms with van der Waals surface area (Å²) in [7, 11) is 0. The van der Waals surface area contributed by atoms with Crippen molar-refractivity contribution in [3.8, 4) is 0 Å². The Balaban J connectivity index is 1.46. The number of rotatable bonds is 4. The van der Waals surface area contributed by atoms with Crippen LogP contribution < -0.4 is 10.6 Å². The summed E-state index contributed by atoms with van der Waals surface area (Å²) in [4.78, 5) is 14.8. The molecule has 2 aliphatic heterocycles. The first-order chi connectivity index (χ1) is 10.3. The predicted octanol–water partition coefficient (Wildman–Crippen LogP) is 2.04. The molecule has 2 heterocycles. The smallest absolute Gasteiger partial charge is 0.234 e. The second kappa shape index (κ2) is 7.59. The lowest BCUT2D eigenvalue weighted by Gasteiger charge is -2.29. The number of amides is 1.